The van der Waals surface area contributed by atoms with Crippen molar-refractivity contribution < 1.29 is 19.1 Å². The number of ketones is 1. The Kier molecular flexibility index (Phi) is 7.20. The largest absolute Gasteiger partial charge is 0.469 e. The molecule has 0 bridgehead atoms. The third-order valence-corrected chi connectivity index (χ3v) is 1.62. The SMILES string of the molecule is COCC(=O)CCCCC(=O)OC. The molecule has 0 amide bonds. The highest BCUT2D eigenvalue weighted by atomic mass is 16.5. The minimum atomic E-state index is -0.223. The van der Waals surface area contributed by atoms with Crippen molar-refractivity contribution in [3.05, 3.63) is 0 Å². The second-order valence-corrected chi connectivity index (χ2v) is 2.75. The van der Waals surface area contributed by atoms with Crippen LogP contribution in [0.5, 0.6) is 0 Å². The van der Waals surface area contributed by atoms with Crippen LogP contribution in [0.2, 0.25) is 0 Å². The van der Waals surface area contributed by atoms with Crippen molar-refractivity contribution in [2.24, 2.45) is 0 Å². The summed E-state index contributed by atoms with van der Waals surface area (Å²) in [6.45, 7) is 0.165. The van der Waals surface area contributed by atoms with E-state index in [1.54, 1.807) is 0 Å². The number of unbranched alkanes of at least 4 members (excludes halogenated alkanes) is 1. The standard InChI is InChI=1S/C9H16O4/c1-12-7-8(10)5-3-4-6-9(11)13-2/h3-7H2,1-2H3. The van der Waals surface area contributed by atoms with E-state index in [1.165, 1.54) is 14.2 Å². The molecule has 0 rings (SSSR count). The van der Waals surface area contributed by atoms with Gasteiger partial charge in [0.05, 0.1) is 7.11 Å². The molecule has 0 N–H and O–H groups in total. The molecule has 0 aliphatic rings. The summed E-state index contributed by atoms with van der Waals surface area (Å²) in [4.78, 5) is 21.6. The first-order chi connectivity index (χ1) is 6.20. The number of rotatable bonds is 7. The van der Waals surface area contributed by atoms with Crippen LogP contribution in [-0.4, -0.2) is 32.6 Å². The lowest BCUT2D eigenvalue weighted by Gasteiger charge is -1.99. The molecule has 0 aromatic rings. The molecular formula is C9H16O4. The fourth-order valence-corrected chi connectivity index (χ4v) is 0.927. The lowest BCUT2D eigenvalue weighted by molar-refractivity contribution is -0.140. The number of methoxy groups -OCH3 is 2. The van der Waals surface area contributed by atoms with Crippen molar-refractivity contribution >= 4 is 11.8 Å². The van der Waals surface area contributed by atoms with E-state index in [2.05, 4.69) is 9.47 Å². The highest BCUT2D eigenvalue weighted by Crippen LogP contribution is 2.01. The zero-order valence-corrected chi connectivity index (χ0v) is 8.17. The van der Waals surface area contributed by atoms with E-state index >= 15 is 0 Å². The Morgan fingerprint density at radius 2 is 1.69 bits per heavy atom. The Hall–Kier alpha value is -0.900. The topological polar surface area (TPSA) is 52.6 Å². The van der Waals surface area contributed by atoms with Gasteiger partial charge in [-0.3, -0.25) is 9.59 Å². The minimum absolute atomic E-state index is 0.0763. The monoisotopic (exact) mass is 188 g/mol. The number of esters is 1. The van der Waals surface area contributed by atoms with Crippen LogP contribution in [-0.2, 0) is 19.1 Å². The maximum Gasteiger partial charge on any atom is 0.305 e. The first-order valence-electron chi connectivity index (χ1n) is 4.28. The van der Waals surface area contributed by atoms with Crippen LogP contribution >= 0.6 is 0 Å². The number of Topliss-reactive ketones (excluding diaryl/α,β-unsaturated/α-hetero) is 1. The zero-order valence-electron chi connectivity index (χ0n) is 8.17. The molecule has 0 aliphatic heterocycles. The summed E-state index contributed by atoms with van der Waals surface area (Å²) < 4.78 is 9.12. The molecule has 0 aromatic carbocycles. The van der Waals surface area contributed by atoms with Gasteiger partial charge in [0, 0.05) is 20.0 Å². The van der Waals surface area contributed by atoms with E-state index < -0.39 is 0 Å². The quantitative estimate of drug-likeness (QED) is 0.440. The molecule has 4 nitrogen and oxygen atoms in total. The molecule has 0 saturated carbocycles. The summed E-state index contributed by atoms with van der Waals surface area (Å²) in [5.41, 5.74) is 0. The first-order valence-corrected chi connectivity index (χ1v) is 4.28. The summed E-state index contributed by atoms with van der Waals surface area (Å²) in [6.07, 6.45) is 2.28. The molecule has 4 heteroatoms. The Bertz CT molecular complexity index is 165. The number of hydrogen-bond donors (Lipinski definition) is 0. The van der Waals surface area contributed by atoms with Crippen LogP contribution in [0.3, 0.4) is 0 Å². The lowest BCUT2D eigenvalue weighted by Crippen LogP contribution is -2.06. The first kappa shape index (κ1) is 12.1. The molecule has 0 saturated heterocycles. The van der Waals surface area contributed by atoms with Crippen molar-refractivity contribution in [2.75, 3.05) is 20.8 Å². The summed E-state index contributed by atoms with van der Waals surface area (Å²) in [6, 6.07) is 0. The Morgan fingerprint density at radius 3 is 2.23 bits per heavy atom. The fraction of sp³-hybridized carbons (Fsp3) is 0.778. The Balaban J connectivity index is 3.25. The van der Waals surface area contributed by atoms with Gasteiger partial charge in [-0.05, 0) is 12.8 Å². The van der Waals surface area contributed by atoms with Gasteiger partial charge in [-0.2, -0.15) is 0 Å². The van der Waals surface area contributed by atoms with Gasteiger partial charge in [-0.25, -0.2) is 0 Å². The van der Waals surface area contributed by atoms with Gasteiger partial charge >= 0.3 is 5.97 Å². The van der Waals surface area contributed by atoms with Gasteiger partial charge in [-0.1, -0.05) is 0 Å². The highest BCUT2D eigenvalue weighted by molar-refractivity contribution is 5.79. The van der Waals surface area contributed by atoms with Crippen LogP contribution in [0.25, 0.3) is 0 Å². The maximum atomic E-state index is 10.9. The highest BCUT2D eigenvalue weighted by Gasteiger charge is 2.03. The van der Waals surface area contributed by atoms with Crippen LogP contribution in [0.15, 0.2) is 0 Å². The zero-order chi connectivity index (χ0) is 10.1. The van der Waals surface area contributed by atoms with Crippen LogP contribution in [0, 0.1) is 0 Å². The molecule has 0 unspecified atom stereocenters. The summed E-state index contributed by atoms with van der Waals surface area (Å²) in [5, 5.41) is 0. The predicted molar refractivity (Wildman–Crippen MR) is 47.4 cm³/mol. The maximum absolute atomic E-state index is 10.9. The molecular weight excluding hydrogens is 172 g/mol. The van der Waals surface area contributed by atoms with Gasteiger partial charge in [0.15, 0.2) is 5.78 Å². The number of hydrogen-bond acceptors (Lipinski definition) is 4. The lowest BCUT2D eigenvalue weighted by atomic mass is 10.1. The number of ether oxygens (including phenoxy) is 2. The van der Waals surface area contributed by atoms with E-state index in [4.69, 9.17) is 0 Å². The molecule has 0 radical (unpaired) electrons. The Morgan fingerprint density at radius 1 is 1.08 bits per heavy atom. The fourth-order valence-electron chi connectivity index (χ4n) is 0.927. The second-order valence-electron chi connectivity index (χ2n) is 2.75. The van der Waals surface area contributed by atoms with Crippen LogP contribution in [0.1, 0.15) is 25.7 Å². The number of carbonyl (C=O) groups excluding carboxylic acids is 2. The third kappa shape index (κ3) is 7.46. The minimum Gasteiger partial charge on any atom is -0.469 e. The van der Waals surface area contributed by atoms with Gasteiger partial charge < -0.3 is 9.47 Å². The Labute approximate surface area is 78.2 Å². The number of carbonyl (C=O) groups is 2. The van der Waals surface area contributed by atoms with E-state index in [-0.39, 0.29) is 18.4 Å². The molecule has 0 fully saturated rings. The average Bonchev–Trinajstić information content (AvgIpc) is 2.12. The summed E-state index contributed by atoms with van der Waals surface area (Å²) >= 11 is 0. The third-order valence-electron chi connectivity index (χ3n) is 1.62. The van der Waals surface area contributed by atoms with Crippen LogP contribution in [0.4, 0.5) is 0 Å². The van der Waals surface area contributed by atoms with E-state index in [9.17, 15) is 9.59 Å². The summed E-state index contributed by atoms with van der Waals surface area (Å²) in [7, 11) is 2.85. The molecule has 0 aromatic heterocycles. The molecule has 76 valence electrons. The van der Waals surface area contributed by atoms with Crippen molar-refractivity contribution in [3.63, 3.8) is 0 Å². The van der Waals surface area contributed by atoms with Gasteiger partial charge in [0.1, 0.15) is 6.61 Å². The molecule has 0 atom stereocenters. The molecule has 0 aliphatic carbocycles. The van der Waals surface area contributed by atoms with Crippen molar-refractivity contribution in [1.82, 2.24) is 0 Å². The van der Waals surface area contributed by atoms with E-state index in [0.717, 1.165) is 6.42 Å². The van der Waals surface area contributed by atoms with Gasteiger partial charge in [-0.15, -0.1) is 0 Å². The smallest absolute Gasteiger partial charge is 0.305 e. The van der Waals surface area contributed by atoms with E-state index in [1.807, 2.05) is 0 Å². The second kappa shape index (κ2) is 7.73. The molecule has 0 heterocycles. The predicted octanol–water partition coefficient (Wildman–Crippen LogP) is 0.935. The van der Waals surface area contributed by atoms with Crippen molar-refractivity contribution in [1.29, 1.82) is 0 Å². The normalized spacial score (nSPS) is 9.69. The van der Waals surface area contributed by atoms with Gasteiger partial charge in [0.25, 0.3) is 0 Å². The average molecular weight is 188 g/mol. The van der Waals surface area contributed by atoms with E-state index in [0.29, 0.717) is 19.3 Å². The summed E-state index contributed by atoms with van der Waals surface area (Å²) in [5.74, 6) is -0.147. The van der Waals surface area contributed by atoms with Crippen molar-refractivity contribution in [3.8, 4) is 0 Å². The van der Waals surface area contributed by atoms with Crippen LogP contribution < -0.4 is 0 Å². The molecule has 13 heavy (non-hydrogen) atoms. The van der Waals surface area contributed by atoms with Gasteiger partial charge in [0.2, 0.25) is 0 Å². The van der Waals surface area contributed by atoms with Crippen molar-refractivity contribution in [2.45, 2.75) is 25.7 Å². The molecule has 0 spiro atoms.